The maximum atomic E-state index is 12.9. The van der Waals surface area contributed by atoms with Gasteiger partial charge in [-0.15, -0.1) is 11.3 Å². The van der Waals surface area contributed by atoms with Crippen molar-refractivity contribution in [2.24, 2.45) is 0 Å². The van der Waals surface area contributed by atoms with E-state index in [4.69, 9.17) is 9.47 Å². The summed E-state index contributed by atoms with van der Waals surface area (Å²) in [4.78, 5) is 28.1. The predicted molar refractivity (Wildman–Crippen MR) is 126 cm³/mol. The third kappa shape index (κ3) is 4.42. The van der Waals surface area contributed by atoms with Crippen LogP contribution >= 0.6 is 27.3 Å². The molecule has 1 aliphatic rings. The van der Waals surface area contributed by atoms with Gasteiger partial charge >= 0.3 is 0 Å². The fourth-order valence-corrected chi connectivity index (χ4v) is 4.66. The average Bonchev–Trinajstić information content (AvgIpc) is 3.42. The minimum atomic E-state index is -0.701. The zero-order valence-electron chi connectivity index (χ0n) is 17.2. The summed E-state index contributed by atoms with van der Waals surface area (Å²) in [6.07, 6.45) is 0. The number of carbonyl (C=O) groups is 2. The van der Waals surface area contributed by atoms with Crippen LogP contribution in [0, 0.1) is 0 Å². The maximum Gasteiger partial charge on any atom is 0.295 e. The molecule has 1 aliphatic heterocycles. The van der Waals surface area contributed by atoms with Crippen molar-refractivity contribution in [3.05, 3.63) is 86.5 Å². The molecule has 1 N–H and O–H groups in total. The standard InChI is InChI=1S/C24H20BrNO5S/c1-30-17-8-10-18(11-9-17)31-13-12-26-21(19-3-2-14-32-19)20(23(28)24(26)29)22(27)15-4-6-16(25)7-5-15/h2-11,14,21,27H,12-13H2,1H3/b22-20-. The summed E-state index contributed by atoms with van der Waals surface area (Å²) < 4.78 is 11.8. The molecule has 4 rings (SSSR count). The zero-order chi connectivity index (χ0) is 22.7. The number of hydrogen-bond donors (Lipinski definition) is 1. The zero-order valence-corrected chi connectivity index (χ0v) is 19.6. The number of rotatable bonds is 7. The normalized spacial score (nSPS) is 17.6. The molecule has 2 heterocycles. The number of carbonyl (C=O) groups excluding carboxylic acids is 2. The molecule has 1 amide bonds. The Morgan fingerprint density at radius 3 is 2.38 bits per heavy atom. The van der Waals surface area contributed by atoms with Crippen LogP contribution < -0.4 is 9.47 Å². The number of hydrogen-bond acceptors (Lipinski definition) is 6. The van der Waals surface area contributed by atoms with E-state index in [1.54, 1.807) is 55.6 Å². The molecule has 1 atom stereocenters. The molecule has 3 aromatic rings. The van der Waals surface area contributed by atoms with Gasteiger partial charge in [0.25, 0.3) is 11.7 Å². The van der Waals surface area contributed by atoms with E-state index in [0.717, 1.165) is 9.35 Å². The Morgan fingerprint density at radius 1 is 1.06 bits per heavy atom. The first-order chi connectivity index (χ1) is 15.5. The van der Waals surface area contributed by atoms with Crippen molar-refractivity contribution in [3.8, 4) is 11.5 Å². The number of ether oxygens (including phenoxy) is 2. The van der Waals surface area contributed by atoms with Crippen molar-refractivity contribution >= 4 is 44.7 Å². The van der Waals surface area contributed by atoms with E-state index in [0.29, 0.717) is 17.1 Å². The Kier molecular flexibility index (Phi) is 6.62. The summed E-state index contributed by atoms with van der Waals surface area (Å²) in [6.45, 7) is 0.385. The molecule has 2 aromatic carbocycles. The van der Waals surface area contributed by atoms with Gasteiger partial charge in [-0.3, -0.25) is 9.59 Å². The smallest absolute Gasteiger partial charge is 0.295 e. The van der Waals surface area contributed by atoms with Gasteiger partial charge in [-0.1, -0.05) is 34.1 Å². The Morgan fingerprint density at radius 2 is 1.75 bits per heavy atom. The van der Waals surface area contributed by atoms with E-state index in [9.17, 15) is 14.7 Å². The highest BCUT2D eigenvalue weighted by Crippen LogP contribution is 2.41. The summed E-state index contributed by atoms with van der Waals surface area (Å²) in [5.41, 5.74) is 0.562. The molecule has 1 aromatic heterocycles. The SMILES string of the molecule is COc1ccc(OCCN2C(=O)C(=O)/C(=C(\O)c3ccc(Br)cc3)C2c2cccs2)cc1. The molecular formula is C24H20BrNO5S. The molecule has 0 bridgehead atoms. The second-order valence-corrected chi connectivity index (χ2v) is 8.93. The molecule has 1 unspecified atom stereocenters. The van der Waals surface area contributed by atoms with Crippen molar-refractivity contribution < 1.29 is 24.2 Å². The van der Waals surface area contributed by atoms with Crippen LogP contribution in [0.25, 0.3) is 5.76 Å². The van der Waals surface area contributed by atoms with Crippen LogP contribution in [0.4, 0.5) is 0 Å². The number of likely N-dealkylation sites (tertiary alicyclic amines) is 1. The maximum absolute atomic E-state index is 12.9. The molecule has 1 fully saturated rings. The largest absolute Gasteiger partial charge is 0.507 e. The van der Waals surface area contributed by atoms with Crippen molar-refractivity contribution in [2.45, 2.75) is 6.04 Å². The summed E-state index contributed by atoms with van der Waals surface area (Å²) in [6, 6.07) is 17.1. The van der Waals surface area contributed by atoms with Gasteiger partial charge in [-0.05, 0) is 47.8 Å². The molecule has 32 heavy (non-hydrogen) atoms. The first-order valence-electron chi connectivity index (χ1n) is 9.84. The summed E-state index contributed by atoms with van der Waals surface area (Å²) >= 11 is 4.79. The molecule has 0 saturated carbocycles. The van der Waals surface area contributed by atoms with Gasteiger partial charge in [0.1, 0.15) is 23.9 Å². The number of amides is 1. The number of methoxy groups -OCH3 is 1. The molecule has 8 heteroatoms. The van der Waals surface area contributed by atoms with Crippen LogP contribution in [0.2, 0.25) is 0 Å². The van der Waals surface area contributed by atoms with Crippen molar-refractivity contribution in [3.63, 3.8) is 0 Å². The van der Waals surface area contributed by atoms with E-state index in [2.05, 4.69) is 15.9 Å². The van der Waals surface area contributed by atoms with Crippen molar-refractivity contribution in [1.29, 1.82) is 0 Å². The van der Waals surface area contributed by atoms with Crippen LogP contribution in [0.15, 0.2) is 76.1 Å². The molecular weight excluding hydrogens is 494 g/mol. The van der Waals surface area contributed by atoms with Gasteiger partial charge in [0.15, 0.2) is 0 Å². The van der Waals surface area contributed by atoms with Crippen LogP contribution in [-0.2, 0) is 9.59 Å². The van der Waals surface area contributed by atoms with E-state index in [-0.39, 0.29) is 24.5 Å². The fraction of sp³-hybridized carbons (Fsp3) is 0.167. The summed E-state index contributed by atoms with van der Waals surface area (Å²) in [7, 11) is 1.59. The van der Waals surface area contributed by atoms with Gasteiger partial charge in [-0.25, -0.2) is 0 Å². The monoisotopic (exact) mass is 513 g/mol. The fourth-order valence-electron chi connectivity index (χ4n) is 3.55. The average molecular weight is 514 g/mol. The number of thiophene rings is 1. The lowest BCUT2D eigenvalue weighted by Gasteiger charge is -2.24. The number of aliphatic hydroxyl groups excluding tert-OH is 1. The summed E-state index contributed by atoms with van der Waals surface area (Å²) in [5.74, 6) is -0.194. The van der Waals surface area contributed by atoms with Gasteiger partial charge in [0, 0.05) is 14.9 Å². The van der Waals surface area contributed by atoms with Gasteiger partial charge in [-0.2, -0.15) is 0 Å². The second kappa shape index (κ2) is 9.58. The van der Waals surface area contributed by atoms with Crippen LogP contribution in [0.1, 0.15) is 16.5 Å². The Bertz CT molecular complexity index is 1140. The molecule has 164 valence electrons. The Labute approximate surface area is 197 Å². The number of Topliss-reactive ketones (excluding diaryl/α,β-unsaturated/α-hetero) is 1. The lowest BCUT2D eigenvalue weighted by Crippen LogP contribution is -2.33. The third-order valence-corrected chi connectivity index (χ3v) is 6.58. The van der Waals surface area contributed by atoms with E-state index in [1.807, 2.05) is 17.5 Å². The second-order valence-electron chi connectivity index (χ2n) is 7.04. The third-order valence-electron chi connectivity index (χ3n) is 5.13. The van der Waals surface area contributed by atoms with E-state index < -0.39 is 17.7 Å². The van der Waals surface area contributed by atoms with Crippen LogP contribution in [0.5, 0.6) is 11.5 Å². The lowest BCUT2D eigenvalue weighted by molar-refractivity contribution is -0.140. The van der Waals surface area contributed by atoms with Crippen LogP contribution in [0.3, 0.4) is 0 Å². The number of ketones is 1. The molecule has 0 spiro atoms. The molecule has 1 saturated heterocycles. The number of halogens is 1. The topological polar surface area (TPSA) is 76.1 Å². The minimum Gasteiger partial charge on any atom is -0.507 e. The van der Waals surface area contributed by atoms with Gasteiger partial charge in [0.2, 0.25) is 0 Å². The first kappa shape index (κ1) is 22.1. The number of aliphatic hydroxyl groups is 1. The van der Waals surface area contributed by atoms with Crippen molar-refractivity contribution in [2.75, 3.05) is 20.3 Å². The minimum absolute atomic E-state index is 0.0872. The summed E-state index contributed by atoms with van der Waals surface area (Å²) in [5, 5.41) is 12.8. The van der Waals surface area contributed by atoms with Gasteiger partial charge in [0.05, 0.1) is 25.3 Å². The van der Waals surface area contributed by atoms with Gasteiger partial charge < -0.3 is 19.5 Å². The van der Waals surface area contributed by atoms with E-state index in [1.165, 1.54) is 16.2 Å². The number of benzene rings is 2. The highest BCUT2D eigenvalue weighted by molar-refractivity contribution is 9.10. The lowest BCUT2D eigenvalue weighted by atomic mass is 10.00. The van der Waals surface area contributed by atoms with E-state index >= 15 is 0 Å². The number of nitrogens with zero attached hydrogens (tertiary/aromatic N) is 1. The first-order valence-corrected chi connectivity index (χ1v) is 11.5. The molecule has 0 radical (unpaired) electrons. The quantitative estimate of drug-likeness (QED) is 0.272. The van der Waals surface area contributed by atoms with Crippen LogP contribution in [-0.4, -0.2) is 42.0 Å². The highest BCUT2D eigenvalue weighted by atomic mass is 79.9. The Hall–Kier alpha value is -3.10. The Balaban J connectivity index is 1.61. The van der Waals surface area contributed by atoms with Crippen molar-refractivity contribution in [1.82, 2.24) is 4.90 Å². The molecule has 6 nitrogen and oxygen atoms in total. The molecule has 0 aliphatic carbocycles. The predicted octanol–water partition coefficient (Wildman–Crippen LogP) is 5.02. The highest BCUT2D eigenvalue weighted by Gasteiger charge is 2.46.